The lowest BCUT2D eigenvalue weighted by Crippen LogP contribution is -1.92. The summed E-state index contributed by atoms with van der Waals surface area (Å²) in [6, 6.07) is 58.2. The van der Waals surface area contributed by atoms with Crippen molar-refractivity contribution in [3.05, 3.63) is 175 Å². The second-order valence-electron chi connectivity index (χ2n) is 12.6. The van der Waals surface area contributed by atoms with E-state index in [0.29, 0.717) is 5.69 Å². The third-order valence-corrected chi connectivity index (χ3v) is 9.94. The van der Waals surface area contributed by atoms with Gasteiger partial charge in [0.05, 0.1) is 17.6 Å². The van der Waals surface area contributed by atoms with Gasteiger partial charge in [0.15, 0.2) is 5.69 Å². The Labute approximate surface area is 282 Å². The van der Waals surface area contributed by atoms with E-state index in [-0.39, 0.29) is 0 Å². The summed E-state index contributed by atoms with van der Waals surface area (Å²) in [5, 5.41) is 8.30. The molecule has 0 atom stereocenters. The monoisotopic (exact) mass is 621 g/mol. The average Bonchev–Trinajstić information content (AvgIpc) is 3.57. The number of para-hydroxylation sites is 2. The van der Waals surface area contributed by atoms with Gasteiger partial charge in [-0.25, -0.2) is 9.83 Å². The van der Waals surface area contributed by atoms with Crippen molar-refractivity contribution in [1.29, 1.82) is 0 Å². The van der Waals surface area contributed by atoms with Crippen LogP contribution in [-0.2, 0) is 0 Å². The van der Waals surface area contributed by atoms with E-state index in [1.165, 1.54) is 43.8 Å². The highest BCUT2D eigenvalue weighted by molar-refractivity contribution is 6.21. The van der Waals surface area contributed by atoms with Crippen LogP contribution in [0.2, 0.25) is 0 Å². The number of fused-ring (bicyclic) bond motifs is 10. The Balaban J connectivity index is 1.22. The van der Waals surface area contributed by atoms with E-state index in [4.69, 9.17) is 11.6 Å². The summed E-state index contributed by atoms with van der Waals surface area (Å²) < 4.78 is 2.21. The second kappa shape index (κ2) is 10.6. The lowest BCUT2D eigenvalue weighted by atomic mass is 9.85. The van der Waals surface area contributed by atoms with E-state index in [0.717, 1.165) is 49.5 Å². The minimum absolute atomic E-state index is 0.618. The van der Waals surface area contributed by atoms with Crippen LogP contribution in [-0.4, -0.2) is 9.38 Å². The minimum atomic E-state index is 0.618. The van der Waals surface area contributed by atoms with Crippen molar-refractivity contribution < 1.29 is 0 Å². The first-order chi connectivity index (χ1) is 24.3. The summed E-state index contributed by atoms with van der Waals surface area (Å²) in [5.41, 5.74) is 11.7. The van der Waals surface area contributed by atoms with Crippen molar-refractivity contribution in [3.8, 4) is 33.4 Å². The highest BCUT2D eigenvalue weighted by Crippen LogP contribution is 2.44. The maximum Gasteiger partial charge on any atom is 0.189 e. The molecule has 0 amide bonds. The quantitative estimate of drug-likeness (QED) is 0.109. The fourth-order valence-electron chi connectivity index (χ4n) is 7.80. The Bertz CT molecular complexity index is 2940. The molecule has 8 aromatic carbocycles. The Hall–Kier alpha value is -6.76. The van der Waals surface area contributed by atoms with Crippen LogP contribution in [0, 0.1) is 6.57 Å². The molecule has 2 heterocycles. The number of hydrogen-bond acceptors (Lipinski definition) is 1. The predicted molar refractivity (Wildman–Crippen MR) is 205 cm³/mol. The molecule has 2 aromatic heterocycles. The van der Waals surface area contributed by atoms with Crippen LogP contribution >= 0.6 is 0 Å². The third kappa shape index (κ3) is 4.11. The number of nitrogens with zero attached hydrogens (tertiary/aromatic N) is 3. The van der Waals surface area contributed by atoms with Crippen molar-refractivity contribution >= 4 is 65.6 Å². The molecule has 0 spiro atoms. The lowest BCUT2D eigenvalue weighted by Gasteiger charge is -2.18. The van der Waals surface area contributed by atoms with E-state index in [1.54, 1.807) is 0 Å². The van der Waals surface area contributed by atoms with E-state index < -0.39 is 0 Å². The largest absolute Gasteiger partial charge is 0.293 e. The van der Waals surface area contributed by atoms with Gasteiger partial charge in [-0.1, -0.05) is 127 Å². The van der Waals surface area contributed by atoms with Crippen LogP contribution in [0.4, 0.5) is 5.69 Å². The van der Waals surface area contributed by atoms with Crippen LogP contribution in [0.3, 0.4) is 0 Å². The SMILES string of the molecule is [C-]#[N+]c1ccc2c3cc(-c4cccc(-c5c6ccccc6c(-c6ccccc6)c6ccccc56)c4)ccc3c3nc4ccccc4n3c2c1. The van der Waals surface area contributed by atoms with Gasteiger partial charge >= 0.3 is 0 Å². The lowest BCUT2D eigenvalue weighted by molar-refractivity contribution is 1.32. The van der Waals surface area contributed by atoms with Gasteiger partial charge < -0.3 is 0 Å². The maximum absolute atomic E-state index is 7.71. The van der Waals surface area contributed by atoms with Gasteiger partial charge in [0.1, 0.15) is 5.65 Å². The fourth-order valence-corrected chi connectivity index (χ4v) is 7.80. The average molecular weight is 622 g/mol. The Kier molecular flexibility index (Phi) is 5.94. The predicted octanol–water partition coefficient (Wildman–Crippen LogP) is 12.7. The van der Waals surface area contributed by atoms with E-state index in [9.17, 15) is 0 Å². The molecule has 0 radical (unpaired) electrons. The zero-order valence-corrected chi connectivity index (χ0v) is 26.4. The summed E-state index contributed by atoms with van der Waals surface area (Å²) in [6.07, 6.45) is 0. The summed E-state index contributed by atoms with van der Waals surface area (Å²) in [7, 11) is 0. The van der Waals surface area contributed by atoms with Gasteiger partial charge in [0.2, 0.25) is 0 Å². The van der Waals surface area contributed by atoms with Crippen LogP contribution < -0.4 is 0 Å². The van der Waals surface area contributed by atoms with Crippen LogP contribution in [0.1, 0.15) is 0 Å². The molecule has 0 fully saturated rings. The fraction of sp³-hybridized carbons (Fsp3) is 0. The summed E-state index contributed by atoms with van der Waals surface area (Å²) in [5.74, 6) is 0. The van der Waals surface area contributed by atoms with Gasteiger partial charge in [-0.15, -0.1) is 0 Å². The van der Waals surface area contributed by atoms with Crippen molar-refractivity contribution in [1.82, 2.24) is 9.38 Å². The molecule has 0 aliphatic carbocycles. The molecule has 226 valence electrons. The topological polar surface area (TPSA) is 21.7 Å². The van der Waals surface area contributed by atoms with Gasteiger partial charge in [0, 0.05) is 16.3 Å². The Morgan fingerprint density at radius 3 is 1.73 bits per heavy atom. The van der Waals surface area contributed by atoms with Gasteiger partial charge in [0.25, 0.3) is 0 Å². The summed E-state index contributed by atoms with van der Waals surface area (Å²) >= 11 is 0. The van der Waals surface area contributed by atoms with Gasteiger partial charge in [-0.2, -0.15) is 0 Å². The summed E-state index contributed by atoms with van der Waals surface area (Å²) in [6.45, 7) is 7.71. The number of imidazole rings is 1. The van der Waals surface area contributed by atoms with Crippen LogP contribution in [0.25, 0.3) is 98.1 Å². The van der Waals surface area contributed by atoms with E-state index >= 15 is 0 Å². The van der Waals surface area contributed by atoms with Crippen molar-refractivity contribution in [2.45, 2.75) is 0 Å². The highest BCUT2D eigenvalue weighted by Gasteiger charge is 2.18. The number of hydrogen-bond donors (Lipinski definition) is 0. The normalized spacial score (nSPS) is 11.7. The molecule has 0 saturated carbocycles. The minimum Gasteiger partial charge on any atom is -0.293 e. The van der Waals surface area contributed by atoms with E-state index in [1.807, 2.05) is 24.3 Å². The van der Waals surface area contributed by atoms with Crippen molar-refractivity contribution in [3.63, 3.8) is 0 Å². The number of aromatic nitrogens is 2. The smallest absolute Gasteiger partial charge is 0.189 e. The highest BCUT2D eigenvalue weighted by atomic mass is 15.0. The Morgan fingerprint density at radius 1 is 0.408 bits per heavy atom. The maximum atomic E-state index is 7.71. The number of rotatable bonds is 3. The van der Waals surface area contributed by atoms with Crippen molar-refractivity contribution in [2.75, 3.05) is 0 Å². The molecule has 0 N–H and O–H groups in total. The van der Waals surface area contributed by atoms with Crippen LogP contribution in [0.5, 0.6) is 0 Å². The zero-order chi connectivity index (χ0) is 32.5. The molecule has 10 rings (SSSR count). The number of benzene rings is 8. The zero-order valence-electron chi connectivity index (χ0n) is 26.4. The van der Waals surface area contributed by atoms with Gasteiger partial charge in [-0.3, -0.25) is 4.40 Å². The first-order valence-corrected chi connectivity index (χ1v) is 16.5. The molecule has 0 bridgehead atoms. The molecule has 0 unspecified atom stereocenters. The molecule has 49 heavy (non-hydrogen) atoms. The second-order valence-corrected chi connectivity index (χ2v) is 12.6. The van der Waals surface area contributed by atoms with Crippen molar-refractivity contribution in [2.24, 2.45) is 0 Å². The first kappa shape index (κ1) is 27.4. The molecule has 0 aliphatic rings. The number of pyridine rings is 1. The molecular weight excluding hydrogens is 595 g/mol. The molecular formula is C46H27N3. The Morgan fingerprint density at radius 2 is 1.00 bits per heavy atom. The standard InChI is InChI=1S/C46H27N3/c1-47-33-23-25-34-40-27-31(22-24-39(40)46-48-41-20-9-10-21-42(41)49(46)43(34)28-33)30-14-11-15-32(26-30)45-37-18-7-5-16-35(37)44(29-12-3-2-4-13-29)36-17-6-8-19-38(36)45/h2-28H. The molecule has 3 heteroatoms. The molecule has 10 aromatic rings. The first-order valence-electron chi connectivity index (χ1n) is 16.5. The molecule has 3 nitrogen and oxygen atoms in total. The molecule has 0 saturated heterocycles. The third-order valence-electron chi connectivity index (χ3n) is 9.94. The summed E-state index contributed by atoms with van der Waals surface area (Å²) in [4.78, 5) is 8.84. The van der Waals surface area contributed by atoms with Gasteiger partial charge in [-0.05, 0) is 96.7 Å². The van der Waals surface area contributed by atoms with Crippen LogP contribution in [0.15, 0.2) is 164 Å². The molecule has 0 aliphatic heterocycles. The van der Waals surface area contributed by atoms with E-state index in [2.05, 4.69) is 149 Å².